The number of aliphatic carboxylic acids is 1. The van der Waals surface area contributed by atoms with Gasteiger partial charge in [-0.1, -0.05) is 31.0 Å². The van der Waals surface area contributed by atoms with Crippen LogP contribution in [0.3, 0.4) is 0 Å². The molecule has 3 fully saturated rings. The average molecular weight is 375 g/mol. The summed E-state index contributed by atoms with van der Waals surface area (Å²) in [4.78, 5) is 28.5. The molecule has 1 amide bonds. The van der Waals surface area contributed by atoms with Gasteiger partial charge in [0.1, 0.15) is 0 Å². The second-order valence-corrected chi connectivity index (χ2v) is 9.24. The van der Waals surface area contributed by atoms with E-state index in [2.05, 4.69) is 0 Å². The number of hydrogen-bond donors (Lipinski definition) is 1. The van der Waals surface area contributed by atoms with Gasteiger partial charge in [0.25, 0.3) is 0 Å². The predicted octanol–water partition coefficient (Wildman–Crippen LogP) is 3.04. The average Bonchev–Trinajstić information content (AvgIpc) is 3.28. The molecule has 0 bridgehead atoms. The lowest BCUT2D eigenvalue weighted by Crippen LogP contribution is -2.47. The third-order valence-corrected chi connectivity index (χ3v) is 7.76. The van der Waals surface area contributed by atoms with E-state index < -0.39 is 16.1 Å². The normalized spacial score (nSPS) is 30.2. The molecule has 0 radical (unpaired) electrons. The Kier molecular flexibility index (Phi) is 4.73. The van der Waals surface area contributed by atoms with Crippen molar-refractivity contribution in [3.05, 3.63) is 30.3 Å². The van der Waals surface area contributed by atoms with Crippen molar-refractivity contribution in [2.45, 2.75) is 41.7 Å². The Hall–Kier alpha value is -1.53. The molecule has 5 nitrogen and oxygen atoms in total. The zero-order chi connectivity index (χ0) is 18.2. The van der Waals surface area contributed by atoms with Gasteiger partial charge in [0.2, 0.25) is 5.91 Å². The van der Waals surface area contributed by atoms with Crippen molar-refractivity contribution in [2.24, 2.45) is 11.3 Å². The molecule has 26 heavy (non-hydrogen) atoms. The summed E-state index contributed by atoms with van der Waals surface area (Å²) in [5.74, 6) is -0.756. The zero-order valence-electron chi connectivity index (χ0n) is 14.9. The number of fused-ring (bicyclic) bond motifs is 1. The molecular formula is C20H25NO4S. The fraction of sp³-hybridized carbons (Fsp3) is 0.600. The zero-order valence-corrected chi connectivity index (χ0v) is 15.7. The predicted molar refractivity (Wildman–Crippen MR) is 99.1 cm³/mol. The van der Waals surface area contributed by atoms with Crippen LogP contribution in [0.1, 0.15) is 32.1 Å². The van der Waals surface area contributed by atoms with Gasteiger partial charge in [0, 0.05) is 30.5 Å². The van der Waals surface area contributed by atoms with Crippen LogP contribution in [0.2, 0.25) is 0 Å². The second-order valence-electron chi connectivity index (χ2n) is 7.79. The van der Waals surface area contributed by atoms with E-state index in [1.165, 1.54) is 0 Å². The quantitative estimate of drug-likeness (QED) is 0.876. The van der Waals surface area contributed by atoms with Crippen molar-refractivity contribution in [3.63, 3.8) is 0 Å². The summed E-state index contributed by atoms with van der Waals surface area (Å²) in [6, 6.07) is 10.1. The van der Waals surface area contributed by atoms with Crippen molar-refractivity contribution in [2.75, 3.05) is 26.3 Å². The Bertz CT molecular complexity index is 688. The first-order valence-corrected chi connectivity index (χ1v) is 10.2. The molecule has 1 aromatic rings. The number of hydrogen-bond acceptors (Lipinski definition) is 4. The Morgan fingerprint density at radius 3 is 2.54 bits per heavy atom. The minimum absolute atomic E-state index is 0.0992. The van der Waals surface area contributed by atoms with E-state index in [4.69, 9.17) is 4.74 Å². The first-order chi connectivity index (χ1) is 12.6. The Morgan fingerprint density at radius 2 is 1.88 bits per heavy atom. The number of carboxylic acid groups (broad SMARTS) is 1. The highest BCUT2D eigenvalue weighted by Crippen LogP contribution is 2.49. The Labute approximate surface area is 158 Å². The van der Waals surface area contributed by atoms with Crippen LogP contribution in [0.25, 0.3) is 0 Å². The monoisotopic (exact) mass is 375 g/mol. The maximum atomic E-state index is 13.6. The SMILES string of the molecule is O=C(N1C[C@H]2COCC[C@@]2(C(=O)O)C1)C1(Sc2ccccc2)CCCC1. The highest BCUT2D eigenvalue weighted by atomic mass is 32.2. The minimum Gasteiger partial charge on any atom is -0.481 e. The lowest BCUT2D eigenvalue weighted by Gasteiger charge is -2.34. The fourth-order valence-corrected chi connectivity index (χ4v) is 6.22. The molecule has 2 atom stereocenters. The third-order valence-electron chi connectivity index (χ3n) is 6.28. The van der Waals surface area contributed by atoms with Crippen LogP contribution >= 0.6 is 11.8 Å². The summed E-state index contributed by atoms with van der Waals surface area (Å²) in [5, 5.41) is 9.86. The van der Waals surface area contributed by atoms with Gasteiger partial charge in [-0.2, -0.15) is 0 Å². The van der Waals surface area contributed by atoms with Crippen LogP contribution in [0.15, 0.2) is 35.2 Å². The third kappa shape index (κ3) is 2.93. The van der Waals surface area contributed by atoms with Gasteiger partial charge < -0.3 is 14.7 Å². The number of amides is 1. The van der Waals surface area contributed by atoms with Gasteiger partial charge in [-0.05, 0) is 31.4 Å². The van der Waals surface area contributed by atoms with E-state index in [1.807, 2.05) is 35.2 Å². The van der Waals surface area contributed by atoms with Gasteiger partial charge in [-0.3, -0.25) is 9.59 Å². The van der Waals surface area contributed by atoms with Crippen molar-refractivity contribution in [1.82, 2.24) is 4.90 Å². The maximum Gasteiger partial charge on any atom is 0.311 e. The highest BCUT2D eigenvalue weighted by molar-refractivity contribution is 8.01. The number of carbonyl (C=O) groups excluding carboxylic acids is 1. The molecule has 3 aliphatic rings. The van der Waals surface area contributed by atoms with E-state index >= 15 is 0 Å². The molecule has 0 unspecified atom stereocenters. The Balaban J connectivity index is 1.58. The van der Waals surface area contributed by atoms with Gasteiger partial charge in [0.05, 0.1) is 16.8 Å². The van der Waals surface area contributed by atoms with Gasteiger partial charge in [-0.25, -0.2) is 0 Å². The largest absolute Gasteiger partial charge is 0.481 e. The van der Waals surface area contributed by atoms with E-state index in [0.29, 0.717) is 32.7 Å². The molecule has 1 aromatic carbocycles. The van der Waals surface area contributed by atoms with Crippen LogP contribution in [0.5, 0.6) is 0 Å². The van der Waals surface area contributed by atoms with E-state index in [-0.39, 0.29) is 11.8 Å². The van der Waals surface area contributed by atoms with Crippen LogP contribution < -0.4 is 0 Å². The lowest BCUT2D eigenvalue weighted by atomic mass is 9.74. The first-order valence-electron chi connectivity index (χ1n) is 9.40. The van der Waals surface area contributed by atoms with E-state index in [0.717, 1.165) is 30.6 Å². The molecule has 140 valence electrons. The van der Waals surface area contributed by atoms with E-state index in [1.54, 1.807) is 11.8 Å². The second kappa shape index (κ2) is 6.89. The summed E-state index contributed by atoms with van der Waals surface area (Å²) < 4.78 is 5.08. The van der Waals surface area contributed by atoms with Crippen molar-refractivity contribution in [3.8, 4) is 0 Å². The summed E-state index contributed by atoms with van der Waals surface area (Å²) >= 11 is 1.66. The maximum absolute atomic E-state index is 13.6. The molecule has 0 aromatic heterocycles. The van der Waals surface area contributed by atoms with Gasteiger partial charge in [0.15, 0.2) is 0 Å². The lowest BCUT2D eigenvalue weighted by molar-refractivity contribution is -0.157. The van der Waals surface area contributed by atoms with Gasteiger partial charge in [-0.15, -0.1) is 11.8 Å². The standard InChI is InChI=1S/C20H25NO4S/c22-17(20(8-4-5-9-20)26-16-6-2-1-3-7-16)21-12-15-13-25-11-10-19(15,14-21)18(23)24/h1-3,6-7,15H,4-5,8-14H2,(H,23,24)/t15-,19+/m0/s1. The molecule has 1 N–H and O–H groups in total. The smallest absolute Gasteiger partial charge is 0.311 e. The van der Waals surface area contributed by atoms with Crippen molar-refractivity contribution in [1.29, 1.82) is 0 Å². The molecule has 0 spiro atoms. The van der Waals surface area contributed by atoms with Gasteiger partial charge >= 0.3 is 5.97 Å². The molecule has 4 rings (SSSR count). The molecule has 2 saturated heterocycles. The number of benzene rings is 1. The number of carbonyl (C=O) groups is 2. The van der Waals surface area contributed by atoms with Crippen LogP contribution in [0.4, 0.5) is 0 Å². The molecule has 1 aliphatic carbocycles. The number of likely N-dealkylation sites (tertiary alicyclic amines) is 1. The molecular weight excluding hydrogens is 350 g/mol. The fourth-order valence-electron chi connectivity index (χ4n) is 4.76. The van der Waals surface area contributed by atoms with E-state index in [9.17, 15) is 14.7 Å². The van der Waals surface area contributed by atoms with Crippen molar-refractivity contribution < 1.29 is 19.4 Å². The van der Waals surface area contributed by atoms with Crippen LogP contribution in [-0.4, -0.2) is 52.9 Å². The number of carboxylic acids is 1. The molecule has 6 heteroatoms. The topological polar surface area (TPSA) is 66.8 Å². The van der Waals surface area contributed by atoms with Crippen LogP contribution in [-0.2, 0) is 14.3 Å². The van der Waals surface area contributed by atoms with Crippen LogP contribution in [0, 0.1) is 11.3 Å². The number of ether oxygens (including phenoxy) is 1. The first kappa shape index (κ1) is 17.9. The molecule has 1 saturated carbocycles. The summed E-state index contributed by atoms with van der Waals surface area (Å²) in [5.41, 5.74) is -0.828. The molecule has 2 aliphatic heterocycles. The van der Waals surface area contributed by atoms with Crippen molar-refractivity contribution >= 4 is 23.6 Å². The summed E-state index contributed by atoms with van der Waals surface area (Å²) in [6.45, 7) is 1.73. The Morgan fingerprint density at radius 1 is 1.15 bits per heavy atom. The number of rotatable bonds is 4. The summed E-state index contributed by atoms with van der Waals surface area (Å²) in [7, 11) is 0. The summed E-state index contributed by atoms with van der Waals surface area (Å²) in [6.07, 6.45) is 4.33. The number of nitrogens with zero attached hydrogens (tertiary/aromatic N) is 1. The minimum atomic E-state index is -0.828. The molecule has 2 heterocycles. The highest BCUT2D eigenvalue weighted by Gasteiger charge is 2.57. The number of thioether (sulfide) groups is 1.